The van der Waals surface area contributed by atoms with Crippen molar-refractivity contribution in [1.29, 1.82) is 0 Å². The summed E-state index contributed by atoms with van der Waals surface area (Å²) in [5.74, 6) is -0.573. The summed E-state index contributed by atoms with van der Waals surface area (Å²) in [5, 5.41) is 0. The molecule has 42 valence electrons. The maximum absolute atomic E-state index is 10.1. The van der Waals surface area contributed by atoms with Crippen molar-refractivity contribution in [2.45, 2.75) is 4.84 Å². The lowest BCUT2D eigenvalue weighted by atomic mass is 10.8. The topological polar surface area (TPSA) is 26.3 Å². The van der Waals surface area contributed by atoms with E-state index in [1.807, 2.05) is 0 Å². The molecular weight excluding hydrogens is 139 g/mol. The van der Waals surface area contributed by atoms with Gasteiger partial charge in [-0.05, 0) is 11.6 Å². The van der Waals surface area contributed by atoms with Crippen molar-refractivity contribution in [2.75, 3.05) is 7.11 Å². The zero-order valence-electron chi connectivity index (χ0n) is 3.68. The number of carbonyl (C=O) groups is 1. The van der Waals surface area contributed by atoms with Gasteiger partial charge in [0.25, 0.3) is 0 Å². The van der Waals surface area contributed by atoms with E-state index in [1.54, 1.807) is 0 Å². The minimum absolute atomic E-state index is 0.573. The molecule has 0 aromatic heterocycles. The highest BCUT2D eigenvalue weighted by Gasteiger charge is 2.18. The van der Waals surface area contributed by atoms with E-state index in [0.717, 1.165) is 0 Å². The first-order chi connectivity index (χ1) is 3.18. The molecule has 0 aromatic rings. The summed E-state index contributed by atoms with van der Waals surface area (Å²) < 4.78 is 4.14. The standard InChI is InChI=1S/C3H5Cl2O2/c1-7-3(6)2(4)5/h2,4H,1H3/q+1. The van der Waals surface area contributed by atoms with E-state index in [1.165, 1.54) is 7.11 Å². The summed E-state index contributed by atoms with van der Waals surface area (Å²) in [7, 11) is 1.24. The molecule has 0 spiro atoms. The molecule has 4 heteroatoms. The van der Waals surface area contributed by atoms with Crippen LogP contribution in [0, 0.1) is 11.6 Å². The Kier molecular flexibility index (Phi) is 3.13. The molecule has 0 aromatic carbocycles. The molecule has 0 fully saturated rings. The molecule has 1 atom stereocenters. The molecule has 0 saturated heterocycles. The minimum Gasteiger partial charge on any atom is -0.464 e. The van der Waals surface area contributed by atoms with Crippen molar-refractivity contribution < 1.29 is 21.1 Å². The van der Waals surface area contributed by atoms with Gasteiger partial charge in [0, 0.05) is 0 Å². The molecule has 2 nitrogen and oxygen atoms in total. The van der Waals surface area contributed by atoms with Crippen molar-refractivity contribution in [3.8, 4) is 0 Å². The monoisotopic (exact) mass is 143 g/mol. The Morgan fingerprint density at radius 3 is 2.43 bits per heavy atom. The van der Waals surface area contributed by atoms with Gasteiger partial charge in [0.05, 0.1) is 7.11 Å². The van der Waals surface area contributed by atoms with Crippen LogP contribution >= 0.6 is 11.6 Å². The van der Waals surface area contributed by atoms with E-state index in [2.05, 4.69) is 16.3 Å². The van der Waals surface area contributed by atoms with Crippen LogP contribution in [0.5, 0.6) is 0 Å². The van der Waals surface area contributed by atoms with Gasteiger partial charge in [0.2, 0.25) is 0 Å². The first-order valence-corrected chi connectivity index (χ1v) is 2.47. The van der Waals surface area contributed by atoms with Crippen molar-refractivity contribution in [1.82, 2.24) is 0 Å². The third-order valence-electron chi connectivity index (χ3n) is 0.386. The Morgan fingerprint density at radius 2 is 2.43 bits per heavy atom. The van der Waals surface area contributed by atoms with Crippen LogP contribution in [0.25, 0.3) is 0 Å². The Bertz CT molecular complexity index is 71.3. The van der Waals surface area contributed by atoms with Gasteiger partial charge in [-0.2, -0.15) is 0 Å². The number of ether oxygens (including phenoxy) is 1. The maximum atomic E-state index is 10.1. The Hall–Kier alpha value is 0.0500. The molecule has 7 heavy (non-hydrogen) atoms. The van der Waals surface area contributed by atoms with Crippen LogP contribution in [0.15, 0.2) is 0 Å². The molecule has 0 bridgehead atoms. The second kappa shape index (κ2) is 3.10. The number of hydrogen-bond acceptors (Lipinski definition) is 2. The Labute approximate surface area is 51.4 Å². The lowest BCUT2D eigenvalue weighted by Gasteiger charge is -1.87. The summed E-state index contributed by atoms with van der Waals surface area (Å²) in [6.45, 7) is 0. The van der Waals surface area contributed by atoms with Crippen molar-refractivity contribution in [3.05, 3.63) is 0 Å². The Morgan fingerprint density at radius 1 is 2.00 bits per heavy atom. The fourth-order valence-corrected chi connectivity index (χ4v) is 0.278. The average Bonchev–Trinajstić information content (AvgIpc) is 1.65. The quantitative estimate of drug-likeness (QED) is 0.382. The fourth-order valence-electron chi connectivity index (χ4n) is 0.0927. The van der Waals surface area contributed by atoms with E-state index >= 15 is 0 Å². The zero-order valence-corrected chi connectivity index (χ0v) is 5.25. The van der Waals surface area contributed by atoms with Gasteiger partial charge in [-0.3, -0.25) is 0 Å². The number of methoxy groups -OCH3 is 1. The van der Waals surface area contributed by atoms with Crippen molar-refractivity contribution in [2.24, 2.45) is 0 Å². The van der Waals surface area contributed by atoms with Gasteiger partial charge < -0.3 is 4.74 Å². The lowest BCUT2D eigenvalue weighted by molar-refractivity contribution is -0.379. The summed E-state index contributed by atoms with van der Waals surface area (Å²) in [4.78, 5) is 9.11. The second-order valence-electron chi connectivity index (χ2n) is 0.839. The summed E-state index contributed by atoms with van der Waals surface area (Å²) in [6.07, 6.45) is 0. The van der Waals surface area contributed by atoms with Gasteiger partial charge in [-0.1, -0.05) is 0 Å². The van der Waals surface area contributed by atoms with Crippen LogP contribution in [0.3, 0.4) is 0 Å². The number of rotatable bonds is 1. The molecule has 0 N–H and O–H groups in total. The van der Waals surface area contributed by atoms with E-state index < -0.39 is 10.8 Å². The van der Waals surface area contributed by atoms with Gasteiger partial charge >= 0.3 is 10.8 Å². The largest absolute Gasteiger partial charge is 0.464 e. The summed E-state index contributed by atoms with van der Waals surface area (Å²) in [5.41, 5.74) is 0. The number of esters is 1. The van der Waals surface area contributed by atoms with Crippen LogP contribution < -0.4 is 0 Å². The predicted octanol–water partition coefficient (Wildman–Crippen LogP) is 0.00590. The molecule has 0 heterocycles. The number of carbonyl (C=O) groups excluding carboxylic acids is 1. The number of hydrogen-bond donors (Lipinski definition) is 0. The van der Waals surface area contributed by atoms with Crippen molar-refractivity contribution in [3.63, 3.8) is 0 Å². The smallest absolute Gasteiger partial charge is 0.386 e. The summed E-state index contributed by atoms with van der Waals surface area (Å²) >= 11 is 9.36. The lowest BCUT2D eigenvalue weighted by Crippen LogP contribution is -2.11. The molecule has 0 aliphatic carbocycles. The normalized spacial score (nSPS) is 13.0. The van der Waals surface area contributed by atoms with Crippen LogP contribution in [0.2, 0.25) is 0 Å². The van der Waals surface area contributed by atoms with Crippen LogP contribution in [-0.4, -0.2) is 17.9 Å². The molecule has 0 saturated carbocycles. The third kappa shape index (κ3) is 2.71. The molecule has 0 aliphatic rings. The van der Waals surface area contributed by atoms with E-state index in [-0.39, 0.29) is 0 Å². The van der Waals surface area contributed by atoms with E-state index in [9.17, 15) is 4.79 Å². The van der Waals surface area contributed by atoms with Crippen LogP contribution in [-0.2, 0) is 9.53 Å². The van der Waals surface area contributed by atoms with Gasteiger partial charge in [0.1, 0.15) is 11.6 Å². The first-order valence-electron chi connectivity index (χ1n) is 1.56. The number of halogens is 2. The molecular formula is C3H5Cl2O2+. The van der Waals surface area contributed by atoms with E-state index in [4.69, 9.17) is 11.6 Å². The minimum atomic E-state index is -0.940. The average molecular weight is 144 g/mol. The molecule has 0 amide bonds. The van der Waals surface area contributed by atoms with Gasteiger partial charge in [-0.25, -0.2) is 4.79 Å². The zero-order chi connectivity index (χ0) is 5.86. The van der Waals surface area contributed by atoms with Gasteiger partial charge in [-0.15, -0.1) is 0 Å². The number of alkyl halides is 2. The molecule has 0 aliphatic heterocycles. The first kappa shape index (κ1) is 7.05. The third-order valence-corrected chi connectivity index (χ3v) is 0.757. The summed E-state index contributed by atoms with van der Waals surface area (Å²) in [6, 6.07) is 0. The second-order valence-corrected chi connectivity index (χ2v) is 2.01. The predicted molar refractivity (Wildman–Crippen MR) is 23.1 cm³/mol. The van der Waals surface area contributed by atoms with E-state index in [0.29, 0.717) is 0 Å². The van der Waals surface area contributed by atoms with Crippen molar-refractivity contribution >= 4 is 17.6 Å². The van der Waals surface area contributed by atoms with Gasteiger partial charge in [0.15, 0.2) is 0 Å². The molecule has 0 rings (SSSR count). The Balaban J connectivity index is 3.35. The molecule has 0 radical (unpaired) electrons. The highest BCUT2D eigenvalue weighted by atomic mass is 35.5. The SMILES string of the molecule is COC(=O)C(Cl)[ClH+]. The van der Waals surface area contributed by atoms with Crippen LogP contribution in [0.4, 0.5) is 0 Å². The van der Waals surface area contributed by atoms with Crippen LogP contribution in [0.1, 0.15) is 0 Å². The molecule has 1 unspecified atom stereocenters. The highest BCUT2D eigenvalue weighted by Crippen LogP contribution is 1.92. The fraction of sp³-hybridized carbons (Fsp3) is 0.667. The highest BCUT2D eigenvalue weighted by molar-refractivity contribution is 6.28. The maximum Gasteiger partial charge on any atom is 0.386 e.